The molecule has 134 valence electrons. The highest BCUT2D eigenvalue weighted by atomic mass is 19.1. The fraction of sp³-hybridized carbons (Fsp3) is 0.412. The lowest BCUT2D eigenvalue weighted by Crippen LogP contribution is -2.55. The van der Waals surface area contributed by atoms with Gasteiger partial charge in [0.2, 0.25) is 17.7 Å². The van der Waals surface area contributed by atoms with E-state index in [2.05, 4.69) is 10.6 Å². The van der Waals surface area contributed by atoms with Gasteiger partial charge in [-0.3, -0.25) is 14.4 Å². The van der Waals surface area contributed by atoms with Crippen molar-refractivity contribution in [2.75, 3.05) is 0 Å². The maximum Gasteiger partial charge on any atom is 0.243 e. The largest absolute Gasteiger partial charge is 0.368 e. The minimum Gasteiger partial charge on any atom is -0.368 e. The van der Waals surface area contributed by atoms with Gasteiger partial charge in [-0.05, 0) is 17.5 Å². The number of nitrogens with two attached hydrogens (primary N) is 1. The van der Waals surface area contributed by atoms with Crippen LogP contribution in [-0.2, 0) is 20.8 Å². The molecule has 0 aliphatic heterocycles. The third kappa shape index (κ3) is 6.22. The lowest BCUT2D eigenvalue weighted by Gasteiger charge is -2.24. The van der Waals surface area contributed by atoms with E-state index in [1.165, 1.54) is 25.1 Å². The van der Waals surface area contributed by atoms with Crippen LogP contribution in [-0.4, -0.2) is 29.8 Å². The maximum absolute atomic E-state index is 13.8. The molecule has 0 fully saturated rings. The molecule has 0 heterocycles. The van der Waals surface area contributed by atoms with Crippen LogP contribution in [0.5, 0.6) is 0 Å². The second kappa shape index (κ2) is 9.37. The summed E-state index contributed by atoms with van der Waals surface area (Å²) in [6.07, 6.45) is -0.0673. The van der Waals surface area contributed by atoms with Crippen molar-refractivity contribution < 1.29 is 18.8 Å². The summed E-state index contributed by atoms with van der Waals surface area (Å²) in [5, 5.41) is 13.6. The number of nitrogens with one attached hydrogen (secondary N) is 2. The van der Waals surface area contributed by atoms with Crippen molar-refractivity contribution in [1.29, 1.82) is 5.26 Å². The standard InChI is InChI=1S/C17H21FN4O3/c1-10(7-8-19)15(16(20)24)22-17(25)14(21-11(2)23)9-12-5-3-4-6-13(12)18/h3-6,10,14-15H,7,9H2,1-2H3,(H2,20,24)(H,21,23)(H,22,25)/t10-,14-,15-/m1/s1. The van der Waals surface area contributed by atoms with Crippen molar-refractivity contribution in [2.45, 2.75) is 38.8 Å². The Morgan fingerprint density at radius 2 is 1.92 bits per heavy atom. The molecular formula is C17H21FN4O3. The summed E-state index contributed by atoms with van der Waals surface area (Å²) in [5.41, 5.74) is 5.53. The van der Waals surface area contributed by atoms with Gasteiger partial charge >= 0.3 is 0 Å². The van der Waals surface area contributed by atoms with Gasteiger partial charge in [-0.15, -0.1) is 0 Å². The molecule has 0 aromatic heterocycles. The number of hydrogen-bond donors (Lipinski definition) is 3. The second-order valence-electron chi connectivity index (χ2n) is 5.78. The van der Waals surface area contributed by atoms with Gasteiger partial charge in [0.15, 0.2) is 0 Å². The molecular weight excluding hydrogens is 327 g/mol. The van der Waals surface area contributed by atoms with Gasteiger partial charge in [-0.1, -0.05) is 25.1 Å². The van der Waals surface area contributed by atoms with Crippen molar-refractivity contribution in [3.8, 4) is 6.07 Å². The highest BCUT2D eigenvalue weighted by Crippen LogP contribution is 2.11. The first-order chi connectivity index (χ1) is 11.8. The summed E-state index contributed by atoms with van der Waals surface area (Å²) in [4.78, 5) is 35.4. The fourth-order valence-electron chi connectivity index (χ4n) is 2.35. The average Bonchev–Trinajstić information content (AvgIpc) is 2.53. The number of nitriles is 1. The molecule has 3 atom stereocenters. The Balaban J connectivity index is 2.96. The topological polar surface area (TPSA) is 125 Å². The molecule has 0 unspecified atom stereocenters. The molecule has 1 aromatic rings. The lowest BCUT2D eigenvalue weighted by molar-refractivity contribution is -0.131. The SMILES string of the molecule is CC(=O)N[C@H](Cc1ccccc1F)C(=O)N[C@@H](C(N)=O)[C@H](C)CC#N. The van der Waals surface area contributed by atoms with Gasteiger partial charge in [0, 0.05) is 19.8 Å². The fourth-order valence-corrected chi connectivity index (χ4v) is 2.35. The Bertz CT molecular complexity index is 687. The highest BCUT2D eigenvalue weighted by Gasteiger charge is 2.29. The minimum atomic E-state index is -1.08. The maximum atomic E-state index is 13.8. The number of primary amides is 1. The number of hydrogen-bond acceptors (Lipinski definition) is 4. The minimum absolute atomic E-state index is 0.0198. The van der Waals surface area contributed by atoms with Crippen LogP contribution in [0, 0.1) is 23.1 Å². The molecule has 3 amide bonds. The molecule has 7 nitrogen and oxygen atoms in total. The summed E-state index contributed by atoms with van der Waals surface area (Å²) in [6.45, 7) is 2.83. The van der Waals surface area contributed by atoms with Crippen LogP contribution in [0.1, 0.15) is 25.8 Å². The normalized spacial score (nSPS) is 13.8. The van der Waals surface area contributed by atoms with Gasteiger partial charge in [-0.2, -0.15) is 5.26 Å². The molecule has 25 heavy (non-hydrogen) atoms. The van der Waals surface area contributed by atoms with E-state index in [1.807, 2.05) is 6.07 Å². The van der Waals surface area contributed by atoms with Crippen LogP contribution in [0.4, 0.5) is 4.39 Å². The number of amides is 3. The van der Waals surface area contributed by atoms with E-state index < -0.39 is 41.5 Å². The molecule has 0 bridgehead atoms. The van der Waals surface area contributed by atoms with Gasteiger partial charge in [0.05, 0.1) is 6.07 Å². The van der Waals surface area contributed by atoms with Crippen LogP contribution < -0.4 is 16.4 Å². The van der Waals surface area contributed by atoms with E-state index in [0.717, 1.165) is 0 Å². The van der Waals surface area contributed by atoms with E-state index in [-0.39, 0.29) is 18.4 Å². The van der Waals surface area contributed by atoms with Crippen molar-refractivity contribution in [3.05, 3.63) is 35.6 Å². The first-order valence-corrected chi connectivity index (χ1v) is 7.73. The van der Waals surface area contributed by atoms with Crippen LogP contribution in [0.2, 0.25) is 0 Å². The first-order valence-electron chi connectivity index (χ1n) is 7.73. The third-order valence-corrected chi connectivity index (χ3v) is 3.66. The Kier molecular flexibility index (Phi) is 7.53. The van der Waals surface area contributed by atoms with Crippen molar-refractivity contribution in [3.63, 3.8) is 0 Å². The smallest absolute Gasteiger partial charge is 0.243 e. The molecule has 8 heteroatoms. The number of carbonyl (C=O) groups is 3. The van der Waals surface area contributed by atoms with E-state index >= 15 is 0 Å². The molecule has 1 rings (SSSR count). The summed E-state index contributed by atoms with van der Waals surface area (Å²) >= 11 is 0. The zero-order valence-electron chi connectivity index (χ0n) is 14.1. The lowest BCUT2D eigenvalue weighted by atomic mass is 9.97. The van der Waals surface area contributed by atoms with Crippen LogP contribution >= 0.6 is 0 Å². The Hall–Kier alpha value is -2.95. The number of carbonyl (C=O) groups excluding carboxylic acids is 3. The zero-order chi connectivity index (χ0) is 19.0. The van der Waals surface area contributed by atoms with Crippen molar-refractivity contribution >= 4 is 17.7 Å². The number of nitrogens with zero attached hydrogens (tertiary/aromatic N) is 1. The summed E-state index contributed by atoms with van der Waals surface area (Å²) < 4.78 is 13.8. The van der Waals surface area contributed by atoms with Crippen LogP contribution in [0.25, 0.3) is 0 Å². The predicted molar refractivity (Wildman–Crippen MR) is 88.2 cm³/mol. The van der Waals surface area contributed by atoms with Gasteiger partial charge in [0.1, 0.15) is 17.9 Å². The second-order valence-corrected chi connectivity index (χ2v) is 5.78. The monoisotopic (exact) mass is 348 g/mol. The molecule has 0 spiro atoms. The van der Waals surface area contributed by atoms with Crippen molar-refractivity contribution in [1.82, 2.24) is 10.6 Å². The molecule has 1 aromatic carbocycles. The third-order valence-electron chi connectivity index (χ3n) is 3.66. The molecule has 0 aliphatic rings. The van der Waals surface area contributed by atoms with Crippen LogP contribution in [0.3, 0.4) is 0 Å². The van der Waals surface area contributed by atoms with E-state index in [1.54, 1.807) is 13.0 Å². The molecule has 0 saturated carbocycles. The Morgan fingerprint density at radius 1 is 1.28 bits per heavy atom. The molecule has 0 saturated heterocycles. The van der Waals surface area contributed by atoms with E-state index in [9.17, 15) is 18.8 Å². The van der Waals surface area contributed by atoms with E-state index in [0.29, 0.717) is 0 Å². The van der Waals surface area contributed by atoms with Gasteiger partial charge in [-0.25, -0.2) is 4.39 Å². The summed E-state index contributed by atoms with van der Waals surface area (Å²) in [5.74, 6) is -2.94. The highest BCUT2D eigenvalue weighted by molar-refractivity contribution is 5.91. The van der Waals surface area contributed by atoms with Gasteiger partial charge in [0.25, 0.3) is 0 Å². The summed E-state index contributed by atoms with van der Waals surface area (Å²) in [6, 6.07) is 5.64. The quantitative estimate of drug-likeness (QED) is 0.628. The summed E-state index contributed by atoms with van der Waals surface area (Å²) in [7, 11) is 0. The Labute approximate surface area is 145 Å². The van der Waals surface area contributed by atoms with Crippen LogP contribution in [0.15, 0.2) is 24.3 Å². The number of benzene rings is 1. The molecule has 4 N–H and O–H groups in total. The van der Waals surface area contributed by atoms with Gasteiger partial charge < -0.3 is 16.4 Å². The van der Waals surface area contributed by atoms with Crippen molar-refractivity contribution in [2.24, 2.45) is 11.7 Å². The Morgan fingerprint density at radius 3 is 2.44 bits per heavy atom. The zero-order valence-corrected chi connectivity index (χ0v) is 14.1. The number of rotatable bonds is 8. The number of halogens is 1. The van der Waals surface area contributed by atoms with E-state index in [4.69, 9.17) is 11.0 Å². The average molecular weight is 348 g/mol. The first kappa shape index (κ1) is 20.1. The molecule has 0 radical (unpaired) electrons. The predicted octanol–water partition coefficient (Wildman–Crippen LogP) is 0.393. The molecule has 0 aliphatic carbocycles.